The smallest absolute Gasteiger partial charge is 0.445 e. The quantitative estimate of drug-likeness (QED) is 0.237. The molecule has 0 spiro atoms. The van der Waals surface area contributed by atoms with E-state index < -0.39 is 34.2 Å². The minimum absolute atomic E-state index is 0.0485. The van der Waals surface area contributed by atoms with Crippen molar-refractivity contribution in [3.05, 3.63) is 79.9 Å². The largest absolute Gasteiger partial charge is 0.508 e. The number of nitrogens with zero attached hydrogens (tertiary/aromatic N) is 5. The Morgan fingerprint density at radius 3 is 1.88 bits per heavy atom. The average molecular weight is 602 g/mol. The molecular formula is C27H31N5O11. The van der Waals surface area contributed by atoms with Crippen LogP contribution in [0.1, 0.15) is 17.5 Å². The van der Waals surface area contributed by atoms with E-state index >= 15 is 0 Å². The van der Waals surface area contributed by atoms with Crippen LogP contribution < -0.4 is 0 Å². The third kappa shape index (κ3) is 8.59. The van der Waals surface area contributed by atoms with E-state index in [0.29, 0.717) is 43.9 Å². The van der Waals surface area contributed by atoms with Crippen molar-refractivity contribution < 1.29 is 43.5 Å². The molecule has 2 saturated heterocycles. The van der Waals surface area contributed by atoms with Crippen molar-refractivity contribution in [2.75, 3.05) is 45.9 Å². The van der Waals surface area contributed by atoms with Crippen LogP contribution in [0.5, 0.6) is 0 Å². The van der Waals surface area contributed by atoms with E-state index in [4.69, 9.17) is 14.2 Å². The molecule has 0 aromatic heterocycles. The SMILES string of the molecule is O=C(OCCN1CCN(C(=O)[C@H]2C[C@H](O)CN2C(=O)OCc2ccc([N+](=O)[O-])cc2)CC1)OCc1ccc([N+](=O)[O-])cc1. The molecule has 16 heteroatoms. The predicted octanol–water partition coefficient (Wildman–Crippen LogP) is 2.07. The van der Waals surface area contributed by atoms with Crippen LogP contribution in [-0.4, -0.2) is 106 Å². The summed E-state index contributed by atoms with van der Waals surface area (Å²) >= 11 is 0. The molecule has 0 saturated carbocycles. The molecule has 2 heterocycles. The summed E-state index contributed by atoms with van der Waals surface area (Å²) in [6, 6.07) is 10.3. The van der Waals surface area contributed by atoms with E-state index in [1.54, 1.807) is 4.90 Å². The number of amides is 2. The molecule has 1 N–H and O–H groups in total. The number of β-amino-alcohol motifs (C(OH)–C–C–N with tert-alkyl or cyclic N) is 1. The topological polar surface area (TPSA) is 195 Å². The number of likely N-dealkylation sites (tertiary alicyclic amines) is 1. The molecule has 230 valence electrons. The number of hydrogen-bond acceptors (Lipinski definition) is 12. The predicted molar refractivity (Wildman–Crippen MR) is 147 cm³/mol. The molecule has 16 nitrogen and oxygen atoms in total. The second kappa shape index (κ2) is 14.4. The van der Waals surface area contributed by atoms with Gasteiger partial charge in [0.1, 0.15) is 25.9 Å². The van der Waals surface area contributed by atoms with E-state index in [0.717, 1.165) is 0 Å². The van der Waals surface area contributed by atoms with Crippen LogP contribution >= 0.6 is 0 Å². The molecule has 0 unspecified atom stereocenters. The van der Waals surface area contributed by atoms with Gasteiger partial charge in [0, 0.05) is 63.4 Å². The molecule has 4 rings (SSSR count). The maximum atomic E-state index is 13.3. The molecule has 2 atom stereocenters. The second-order valence-corrected chi connectivity index (χ2v) is 10.0. The van der Waals surface area contributed by atoms with Crippen LogP contribution in [0, 0.1) is 20.2 Å². The highest BCUT2D eigenvalue weighted by molar-refractivity contribution is 5.86. The van der Waals surface area contributed by atoms with Gasteiger partial charge in [0.15, 0.2) is 0 Å². The van der Waals surface area contributed by atoms with E-state index in [2.05, 4.69) is 0 Å². The number of nitro benzene ring substituents is 2. The van der Waals surface area contributed by atoms with E-state index in [1.165, 1.54) is 53.4 Å². The fourth-order valence-corrected chi connectivity index (χ4v) is 4.75. The highest BCUT2D eigenvalue weighted by atomic mass is 16.7. The highest BCUT2D eigenvalue weighted by Gasteiger charge is 2.42. The number of hydrogen-bond donors (Lipinski definition) is 1. The van der Waals surface area contributed by atoms with Crippen molar-refractivity contribution in [2.45, 2.75) is 31.8 Å². The summed E-state index contributed by atoms with van der Waals surface area (Å²) in [7, 11) is 0. The molecule has 0 radical (unpaired) electrons. The molecule has 2 aromatic carbocycles. The zero-order valence-corrected chi connectivity index (χ0v) is 23.1. The lowest BCUT2D eigenvalue weighted by Gasteiger charge is -2.36. The van der Waals surface area contributed by atoms with E-state index in [1.807, 2.05) is 4.90 Å². The Kier molecular flexibility index (Phi) is 10.4. The summed E-state index contributed by atoms with van der Waals surface area (Å²) in [5.41, 5.74) is 0.967. The van der Waals surface area contributed by atoms with Gasteiger partial charge in [-0.1, -0.05) is 0 Å². The van der Waals surface area contributed by atoms with Gasteiger partial charge in [-0.25, -0.2) is 9.59 Å². The van der Waals surface area contributed by atoms with Gasteiger partial charge in [0.05, 0.1) is 22.5 Å². The highest BCUT2D eigenvalue weighted by Crippen LogP contribution is 2.23. The zero-order chi connectivity index (χ0) is 30.9. The normalized spacial score (nSPS) is 18.6. The number of ether oxygens (including phenoxy) is 3. The lowest BCUT2D eigenvalue weighted by Crippen LogP contribution is -2.54. The Morgan fingerprint density at radius 2 is 1.35 bits per heavy atom. The Hall–Kier alpha value is -4.83. The minimum atomic E-state index is -0.875. The van der Waals surface area contributed by atoms with Gasteiger partial charge in [-0.2, -0.15) is 0 Å². The second-order valence-electron chi connectivity index (χ2n) is 10.0. The van der Waals surface area contributed by atoms with Gasteiger partial charge in [0.2, 0.25) is 5.91 Å². The van der Waals surface area contributed by atoms with Gasteiger partial charge >= 0.3 is 12.2 Å². The maximum absolute atomic E-state index is 13.3. The average Bonchev–Trinajstić information content (AvgIpc) is 3.40. The first-order valence-corrected chi connectivity index (χ1v) is 13.5. The van der Waals surface area contributed by atoms with Crippen molar-refractivity contribution in [1.82, 2.24) is 14.7 Å². The molecule has 2 amide bonds. The van der Waals surface area contributed by atoms with Crippen molar-refractivity contribution in [2.24, 2.45) is 0 Å². The molecule has 0 aliphatic carbocycles. The minimum Gasteiger partial charge on any atom is -0.445 e. The summed E-state index contributed by atoms with van der Waals surface area (Å²) in [6.45, 7) is 1.97. The van der Waals surface area contributed by atoms with Crippen LogP contribution in [0.2, 0.25) is 0 Å². The van der Waals surface area contributed by atoms with Crippen LogP contribution in [0.4, 0.5) is 21.0 Å². The first kappa shape index (κ1) is 31.1. The Bertz CT molecular complexity index is 1310. The molecular weight excluding hydrogens is 570 g/mol. The molecule has 43 heavy (non-hydrogen) atoms. The Morgan fingerprint density at radius 1 is 0.814 bits per heavy atom. The summed E-state index contributed by atoms with van der Waals surface area (Å²) < 4.78 is 15.4. The van der Waals surface area contributed by atoms with Gasteiger partial charge in [0.25, 0.3) is 11.4 Å². The molecule has 2 aromatic rings. The number of rotatable bonds is 10. The molecule has 2 aliphatic heterocycles. The number of carbonyl (C=O) groups is 3. The number of benzene rings is 2. The number of nitro groups is 2. The Labute approximate surface area is 245 Å². The van der Waals surface area contributed by atoms with Crippen molar-refractivity contribution in [1.29, 1.82) is 0 Å². The van der Waals surface area contributed by atoms with Gasteiger partial charge in [-0.05, 0) is 35.4 Å². The lowest BCUT2D eigenvalue weighted by atomic mass is 10.1. The first-order valence-electron chi connectivity index (χ1n) is 13.5. The van der Waals surface area contributed by atoms with Crippen molar-refractivity contribution in [3.8, 4) is 0 Å². The van der Waals surface area contributed by atoms with Gasteiger partial charge in [-0.3, -0.25) is 34.8 Å². The van der Waals surface area contributed by atoms with Crippen LogP contribution in [0.25, 0.3) is 0 Å². The number of non-ortho nitro benzene ring substituents is 2. The van der Waals surface area contributed by atoms with Crippen LogP contribution in [0.3, 0.4) is 0 Å². The fourth-order valence-electron chi connectivity index (χ4n) is 4.75. The molecule has 0 bridgehead atoms. The third-order valence-corrected chi connectivity index (χ3v) is 7.12. The number of aliphatic hydroxyl groups is 1. The zero-order valence-electron chi connectivity index (χ0n) is 23.1. The number of aliphatic hydroxyl groups excluding tert-OH is 1. The van der Waals surface area contributed by atoms with Crippen molar-refractivity contribution in [3.63, 3.8) is 0 Å². The fraction of sp³-hybridized carbons (Fsp3) is 0.444. The van der Waals surface area contributed by atoms with Crippen LogP contribution in [0.15, 0.2) is 48.5 Å². The Balaban J connectivity index is 1.16. The standard InChI is InChI=1S/C27H31N5O11/c33-23-15-24(30(16-23)26(35)42-17-19-1-5-21(6-2-19)31(37)38)25(34)29-11-9-28(10-12-29)13-14-41-27(36)43-18-20-3-7-22(8-4-20)32(39)40/h1-8,23-24,33H,9-18H2/t23-,24+/m0/s1. The summed E-state index contributed by atoms with van der Waals surface area (Å²) in [5, 5.41) is 31.7. The van der Waals surface area contributed by atoms with Gasteiger partial charge < -0.3 is 24.2 Å². The monoisotopic (exact) mass is 601 g/mol. The van der Waals surface area contributed by atoms with Gasteiger partial charge in [-0.15, -0.1) is 0 Å². The molecule has 2 aliphatic rings. The van der Waals surface area contributed by atoms with E-state index in [9.17, 15) is 39.7 Å². The van der Waals surface area contributed by atoms with E-state index in [-0.39, 0.29) is 50.1 Å². The summed E-state index contributed by atoms with van der Waals surface area (Å²) in [6.07, 6.45) is -2.42. The molecule has 2 fully saturated rings. The number of piperazine rings is 1. The summed E-state index contributed by atoms with van der Waals surface area (Å²) in [5.74, 6) is -0.297. The summed E-state index contributed by atoms with van der Waals surface area (Å²) in [4.78, 5) is 63.2. The lowest BCUT2D eigenvalue weighted by molar-refractivity contribution is -0.385. The number of carbonyl (C=O) groups excluding carboxylic acids is 3. The third-order valence-electron chi connectivity index (χ3n) is 7.12. The first-order chi connectivity index (χ1) is 20.6. The maximum Gasteiger partial charge on any atom is 0.508 e. The van der Waals surface area contributed by atoms with Crippen molar-refractivity contribution >= 4 is 29.5 Å². The van der Waals surface area contributed by atoms with Crippen LogP contribution in [-0.2, 0) is 32.2 Å².